The van der Waals surface area contributed by atoms with E-state index < -0.39 is 5.60 Å². The predicted molar refractivity (Wildman–Crippen MR) is 96.7 cm³/mol. The van der Waals surface area contributed by atoms with Gasteiger partial charge in [-0.3, -0.25) is 0 Å². The van der Waals surface area contributed by atoms with Crippen LogP contribution < -0.4 is 5.73 Å². The minimum Gasteiger partial charge on any atom is -0.444 e. The third-order valence-corrected chi connectivity index (χ3v) is 4.14. The maximum Gasteiger partial charge on any atom is 0.410 e. The third kappa shape index (κ3) is 8.56. The van der Waals surface area contributed by atoms with Crippen molar-refractivity contribution in [1.29, 1.82) is 0 Å². The quantitative estimate of drug-likeness (QED) is 0.545. The second kappa shape index (κ2) is 10.6. The minimum atomic E-state index is -0.473. The van der Waals surface area contributed by atoms with E-state index in [4.69, 9.17) is 21.6 Å². The molecule has 1 aliphatic carbocycles. The summed E-state index contributed by atoms with van der Waals surface area (Å²) >= 11 is 0. The van der Waals surface area contributed by atoms with E-state index >= 15 is 0 Å². The van der Waals surface area contributed by atoms with Gasteiger partial charge in [-0.1, -0.05) is 0 Å². The van der Waals surface area contributed by atoms with Gasteiger partial charge in [0.1, 0.15) is 5.60 Å². The van der Waals surface area contributed by atoms with Gasteiger partial charge in [0.15, 0.2) is 0 Å². The first-order chi connectivity index (χ1) is 11.3. The Kier molecular flexibility index (Phi) is 9.17. The van der Waals surface area contributed by atoms with E-state index in [1.807, 2.05) is 25.7 Å². The Labute approximate surface area is 147 Å². The lowest BCUT2D eigenvalue weighted by atomic mass is 9.91. The Balaban J connectivity index is 2.46. The maximum atomic E-state index is 12.6. The number of carbonyl (C=O) groups excluding carboxylic acids is 1. The molecule has 0 aromatic heterocycles. The van der Waals surface area contributed by atoms with Crippen LogP contribution in [0.5, 0.6) is 0 Å². The van der Waals surface area contributed by atoms with Crippen molar-refractivity contribution >= 4 is 6.09 Å². The van der Waals surface area contributed by atoms with Crippen molar-refractivity contribution < 1.29 is 14.3 Å². The average molecular weight is 338 g/mol. The van der Waals surface area contributed by atoms with E-state index in [0.29, 0.717) is 26.2 Å². The number of hydrogen-bond donors (Lipinski definition) is 1. The van der Waals surface area contributed by atoms with E-state index in [0.717, 1.165) is 38.5 Å². The fourth-order valence-electron chi connectivity index (χ4n) is 2.88. The van der Waals surface area contributed by atoms with Crippen LogP contribution in [-0.2, 0) is 9.47 Å². The van der Waals surface area contributed by atoms with Gasteiger partial charge in [-0.2, -0.15) is 0 Å². The van der Waals surface area contributed by atoms with Gasteiger partial charge in [-0.15, -0.1) is 12.3 Å². The lowest BCUT2D eigenvalue weighted by Crippen LogP contribution is -2.46. The van der Waals surface area contributed by atoms with Gasteiger partial charge in [-0.05, 0) is 59.3 Å². The number of ether oxygens (including phenoxy) is 2. The van der Waals surface area contributed by atoms with Gasteiger partial charge in [-0.25, -0.2) is 4.79 Å². The number of amides is 1. The molecule has 0 atom stereocenters. The molecule has 0 spiro atoms. The van der Waals surface area contributed by atoms with E-state index in [2.05, 4.69) is 5.92 Å². The van der Waals surface area contributed by atoms with Crippen LogP contribution in [0.3, 0.4) is 0 Å². The second-order valence-electron chi connectivity index (χ2n) is 7.52. The van der Waals surface area contributed by atoms with Crippen molar-refractivity contribution in [2.45, 2.75) is 83.4 Å². The highest BCUT2D eigenvalue weighted by Gasteiger charge is 2.30. The second-order valence-corrected chi connectivity index (χ2v) is 7.52. The Morgan fingerprint density at radius 3 is 2.46 bits per heavy atom. The first-order valence-electron chi connectivity index (χ1n) is 9.10. The van der Waals surface area contributed by atoms with Crippen LogP contribution in [0.4, 0.5) is 4.79 Å². The monoisotopic (exact) mass is 338 g/mol. The number of hydrogen-bond acceptors (Lipinski definition) is 4. The summed E-state index contributed by atoms with van der Waals surface area (Å²) in [7, 11) is 0. The number of carbonyl (C=O) groups is 1. The molecule has 0 unspecified atom stereocenters. The van der Waals surface area contributed by atoms with Crippen LogP contribution in [0.15, 0.2) is 0 Å². The first kappa shape index (κ1) is 20.8. The van der Waals surface area contributed by atoms with Crippen molar-refractivity contribution in [3.05, 3.63) is 0 Å². The predicted octanol–water partition coefficient (Wildman–Crippen LogP) is 3.31. The van der Waals surface area contributed by atoms with Crippen LogP contribution in [0.1, 0.15) is 65.7 Å². The lowest BCUT2D eigenvalue weighted by Gasteiger charge is -2.37. The smallest absolute Gasteiger partial charge is 0.410 e. The molecule has 1 aliphatic rings. The molecule has 0 heterocycles. The Bertz CT molecular complexity index is 404. The summed E-state index contributed by atoms with van der Waals surface area (Å²) < 4.78 is 11.1. The first-order valence-corrected chi connectivity index (χ1v) is 9.10. The highest BCUT2D eigenvalue weighted by Crippen LogP contribution is 2.24. The van der Waals surface area contributed by atoms with Crippen LogP contribution in [-0.4, -0.2) is 48.4 Å². The molecule has 0 aliphatic heterocycles. The summed E-state index contributed by atoms with van der Waals surface area (Å²) in [5.41, 5.74) is 5.52. The average Bonchev–Trinajstić information content (AvgIpc) is 2.49. The number of nitrogens with zero attached hydrogens (tertiary/aromatic N) is 1. The SMILES string of the molecule is C#CCCOCCCCN(C(=O)OC(C)(C)C)C1CCC(N)CC1. The van der Waals surface area contributed by atoms with Crippen molar-refractivity contribution in [3.63, 3.8) is 0 Å². The van der Waals surface area contributed by atoms with Gasteiger partial charge in [0.2, 0.25) is 0 Å². The van der Waals surface area contributed by atoms with E-state index in [9.17, 15) is 4.79 Å². The van der Waals surface area contributed by atoms with Crippen LogP contribution >= 0.6 is 0 Å². The fourth-order valence-corrected chi connectivity index (χ4v) is 2.88. The molecular weight excluding hydrogens is 304 g/mol. The topological polar surface area (TPSA) is 64.8 Å². The van der Waals surface area contributed by atoms with Crippen LogP contribution in [0.2, 0.25) is 0 Å². The molecule has 0 aromatic carbocycles. The molecule has 5 heteroatoms. The largest absolute Gasteiger partial charge is 0.444 e. The minimum absolute atomic E-state index is 0.212. The summed E-state index contributed by atoms with van der Waals surface area (Å²) in [6.07, 6.45) is 11.3. The van der Waals surface area contributed by atoms with E-state index in [1.165, 1.54) is 0 Å². The summed E-state index contributed by atoms with van der Waals surface area (Å²) in [5.74, 6) is 2.56. The summed E-state index contributed by atoms with van der Waals surface area (Å²) in [6.45, 7) is 7.69. The van der Waals surface area contributed by atoms with Crippen molar-refractivity contribution in [2.75, 3.05) is 19.8 Å². The Morgan fingerprint density at radius 2 is 1.88 bits per heavy atom. The molecule has 1 saturated carbocycles. The third-order valence-electron chi connectivity index (χ3n) is 4.14. The van der Waals surface area contributed by atoms with Crippen molar-refractivity contribution in [1.82, 2.24) is 4.90 Å². The Morgan fingerprint density at radius 1 is 1.21 bits per heavy atom. The molecule has 0 aromatic rings. The molecule has 24 heavy (non-hydrogen) atoms. The van der Waals surface area contributed by atoms with E-state index in [-0.39, 0.29) is 18.2 Å². The number of nitrogens with two attached hydrogens (primary N) is 1. The Hall–Kier alpha value is -1.25. The zero-order valence-electron chi connectivity index (χ0n) is 15.6. The van der Waals surface area contributed by atoms with Crippen LogP contribution in [0.25, 0.3) is 0 Å². The van der Waals surface area contributed by atoms with Gasteiger partial charge >= 0.3 is 6.09 Å². The number of terminal acetylenes is 1. The van der Waals surface area contributed by atoms with Gasteiger partial charge in [0.05, 0.1) is 6.61 Å². The molecular formula is C19H34N2O3. The standard InChI is InChI=1S/C19H34N2O3/c1-5-6-14-23-15-8-7-13-21(18(22)24-19(2,3)4)17-11-9-16(20)10-12-17/h1,16-17H,6-15,20H2,2-4H3. The van der Waals surface area contributed by atoms with Crippen molar-refractivity contribution in [2.24, 2.45) is 5.73 Å². The fraction of sp³-hybridized carbons (Fsp3) is 0.842. The molecule has 1 fully saturated rings. The molecule has 0 saturated heterocycles. The molecule has 138 valence electrons. The number of rotatable bonds is 8. The zero-order valence-corrected chi connectivity index (χ0v) is 15.6. The molecule has 0 bridgehead atoms. The number of unbranched alkanes of at least 4 members (excludes halogenated alkanes) is 1. The van der Waals surface area contributed by atoms with Gasteiger partial charge < -0.3 is 20.1 Å². The van der Waals surface area contributed by atoms with Gasteiger partial charge in [0.25, 0.3) is 0 Å². The zero-order chi connectivity index (χ0) is 18.0. The molecule has 1 rings (SSSR count). The van der Waals surface area contributed by atoms with Crippen molar-refractivity contribution in [3.8, 4) is 12.3 Å². The lowest BCUT2D eigenvalue weighted by molar-refractivity contribution is 0.0105. The normalized spacial score (nSPS) is 21.1. The van der Waals surface area contributed by atoms with E-state index in [1.54, 1.807) is 0 Å². The molecule has 5 nitrogen and oxygen atoms in total. The molecule has 0 radical (unpaired) electrons. The molecule has 1 amide bonds. The maximum absolute atomic E-state index is 12.6. The highest BCUT2D eigenvalue weighted by atomic mass is 16.6. The van der Waals surface area contributed by atoms with Crippen LogP contribution in [0, 0.1) is 12.3 Å². The summed E-state index contributed by atoms with van der Waals surface area (Å²) in [6, 6.07) is 0.508. The highest BCUT2D eigenvalue weighted by molar-refractivity contribution is 5.68. The molecule has 2 N–H and O–H groups in total. The summed E-state index contributed by atoms with van der Waals surface area (Å²) in [4.78, 5) is 14.5. The van der Waals surface area contributed by atoms with Gasteiger partial charge in [0, 0.05) is 31.7 Å². The summed E-state index contributed by atoms with van der Waals surface area (Å²) in [5, 5.41) is 0.